The van der Waals surface area contributed by atoms with E-state index in [1.807, 2.05) is 13.8 Å². The normalized spacial score (nSPS) is 23.1. The molecule has 0 bridgehead atoms. The van der Waals surface area contributed by atoms with E-state index in [1.165, 1.54) is 24.3 Å². The van der Waals surface area contributed by atoms with Crippen LogP contribution < -0.4 is 48.9 Å². The minimum atomic E-state index is -1.65. The van der Waals surface area contributed by atoms with E-state index in [4.69, 9.17) is 32.4 Å². The SMILES string of the molecule is CC(C)C[C@H](NC(=O)[C@@H](CCCCN)NC(=O)[C@@H]1CCCN1C(=O)[C@@H](CC(=O)O)NC(=O)[C@H](N)Cc1ccc(OC2O[C@H](CO)[C@@H](O)[C@H](O)[C@H]2O)cc1)C(=O)N[C@@H](CCCCN)C(N)=O. The number of likely N-dealkylation sites (tertiary alicyclic amines) is 1. The Morgan fingerprint density at radius 2 is 1.38 bits per heavy atom. The van der Waals surface area contributed by atoms with Crippen molar-refractivity contribution in [1.82, 2.24) is 26.2 Å². The van der Waals surface area contributed by atoms with Crippen molar-refractivity contribution in [3.8, 4) is 5.75 Å². The van der Waals surface area contributed by atoms with Gasteiger partial charge < -0.3 is 84.1 Å². The molecule has 2 aliphatic rings. The monoisotopic (exact) mass is 923 g/mol. The summed E-state index contributed by atoms with van der Waals surface area (Å²) >= 11 is 0. The second-order valence-electron chi connectivity index (χ2n) is 16.9. The average molecular weight is 924 g/mol. The molecule has 2 saturated heterocycles. The number of nitrogens with two attached hydrogens (primary N) is 4. The van der Waals surface area contributed by atoms with Crippen molar-refractivity contribution in [1.29, 1.82) is 0 Å². The number of rotatable bonds is 27. The van der Waals surface area contributed by atoms with E-state index in [0.29, 0.717) is 50.8 Å². The number of ether oxygens (including phenoxy) is 2. The molecule has 1 aromatic rings. The van der Waals surface area contributed by atoms with Crippen molar-refractivity contribution in [3.63, 3.8) is 0 Å². The Labute approximate surface area is 377 Å². The lowest BCUT2D eigenvalue weighted by molar-refractivity contribution is -0.277. The first-order chi connectivity index (χ1) is 30.8. The van der Waals surface area contributed by atoms with E-state index in [2.05, 4.69) is 21.3 Å². The van der Waals surface area contributed by atoms with Gasteiger partial charge in [-0.15, -0.1) is 0 Å². The summed E-state index contributed by atoms with van der Waals surface area (Å²) in [5.41, 5.74) is 23.5. The molecule has 1 unspecified atom stereocenters. The molecule has 23 nitrogen and oxygen atoms in total. The summed E-state index contributed by atoms with van der Waals surface area (Å²) in [5, 5.41) is 59.9. The molecule has 17 N–H and O–H groups in total. The van der Waals surface area contributed by atoms with E-state index in [-0.39, 0.29) is 50.3 Å². The largest absolute Gasteiger partial charge is 0.481 e. The van der Waals surface area contributed by atoms with Crippen LogP contribution in [0.2, 0.25) is 0 Å². The lowest BCUT2D eigenvalue weighted by Crippen LogP contribution is -2.60. The van der Waals surface area contributed by atoms with Crippen molar-refractivity contribution in [3.05, 3.63) is 29.8 Å². The summed E-state index contributed by atoms with van der Waals surface area (Å²) in [5.74, 6) is -5.81. The number of aliphatic carboxylic acids is 1. The molecule has 65 heavy (non-hydrogen) atoms. The first-order valence-corrected chi connectivity index (χ1v) is 22.1. The molecule has 0 spiro atoms. The topological polar surface area (TPSA) is 395 Å². The van der Waals surface area contributed by atoms with Crippen LogP contribution in [-0.2, 0) is 44.7 Å². The molecule has 3 rings (SSSR count). The second kappa shape index (κ2) is 26.8. The molecule has 2 fully saturated rings. The molecule has 23 heteroatoms. The molecule has 366 valence electrons. The fraction of sp³-hybridized carbons (Fsp3) is 0.690. The summed E-state index contributed by atoms with van der Waals surface area (Å²) in [4.78, 5) is 93.7. The zero-order valence-electron chi connectivity index (χ0n) is 37.0. The lowest BCUT2D eigenvalue weighted by atomic mass is 9.99. The Balaban J connectivity index is 1.69. The van der Waals surface area contributed by atoms with Gasteiger partial charge in [0.1, 0.15) is 60.4 Å². The van der Waals surface area contributed by atoms with Gasteiger partial charge in [0, 0.05) is 6.54 Å². The van der Waals surface area contributed by atoms with E-state index in [0.717, 1.165) is 4.90 Å². The first kappa shape index (κ1) is 54.3. The highest BCUT2D eigenvalue weighted by atomic mass is 16.7. The predicted molar refractivity (Wildman–Crippen MR) is 232 cm³/mol. The quantitative estimate of drug-likeness (QED) is 0.0373. The number of amides is 6. The van der Waals surface area contributed by atoms with Crippen LogP contribution in [0.15, 0.2) is 24.3 Å². The van der Waals surface area contributed by atoms with Crippen molar-refractivity contribution >= 4 is 41.4 Å². The Hall–Kier alpha value is -5.01. The maximum Gasteiger partial charge on any atom is 0.305 e. The lowest BCUT2D eigenvalue weighted by Gasteiger charge is -2.39. The highest BCUT2D eigenvalue weighted by Gasteiger charge is 2.45. The van der Waals surface area contributed by atoms with Gasteiger partial charge >= 0.3 is 5.97 Å². The van der Waals surface area contributed by atoms with Crippen molar-refractivity contribution < 1.29 is 68.6 Å². The van der Waals surface area contributed by atoms with Gasteiger partial charge in [-0.2, -0.15) is 0 Å². The van der Waals surface area contributed by atoms with Crippen LogP contribution >= 0.6 is 0 Å². The maximum atomic E-state index is 14.0. The summed E-state index contributed by atoms with van der Waals surface area (Å²) in [6.45, 7) is 3.78. The van der Waals surface area contributed by atoms with Crippen LogP contribution in [0.5, 0.6) is 5.75 Å². The summed E-state index contributed by atoms with van der Waals surface area (Å²) in [6, 6.07) is -1.31. The van der Waals surface area contributed by atoms with E-state index < -0.39 is 121 Å². The third kappa shape index (κ3) is 16.7. The van der Waals surface area contributed by atoms with Crippen molar-refractivity contribution in [2.45, 2.75) is 151 Å². The second-order valence-corrected chi connectivity index (χ2v) is 16.9. The first-order valence-electron chi connectivity index (χ1n) is 22.1. The summed E-state index contributed by atoms with van der Waals surface area (Å²) < 4.78 is 10.9. The number of nitrogens with zero attached hydrogens (tertiary/aromatic N) is 1. The Morgan fingerprint density at radius 1 is 0.800 bits per heavy atom. The Bertz CT molecular complexity index is 1740. The molecule has 0 aromatic heterocycles. The summed E-state index contributed by atoms with van der Waals surface area (Å²) in [6.07, 6.45) is -5.22. The number of primary amides is 1. The van der Waals surface area contributed by atoms with Gasteiger partial charge in [0.05, 0.1) is 19.1 Å². The Morgan fingerprint density at radius 3 is 1.95 bits per heavy atom. The van der Waals surface area contributed by atoms with Crippen LogP contribution in [0.1, 0.15) is 83.6 Å². The number of carbonyl (C=O) groups excluding carboxylic acids is 6. The number of hydrogen-bond acceptors (Lipinski definition) is 16. The fourth-order valence-corrected chi connectivity index (χ4v) is 7.56. The van der Waals surface area contributed by atoms with Gasteiger partial charge in [-0.05, 0) is 101 Å². The highest BCUT2D eigenvalue weighted by Crippen LogP contribution is 2.25. The smallest absolute Gasteiger partial charge is 0.305 e. The molecule has 11 atom stereocenters. The van der Waals surface area contributed by atoms with Crippen molar-refractivity contribution in [2.24, 2.45) is 28.9 Å². The predicted octanol–water partition coefficient (Wildman–Crippen LogP) is -4.07. The standard InChI is InChI=1S/C42H69N9O14/c1-22(2)18-28(39(61)47-26(36(46)58)8-3-5-15-43)49-38(60)27(9-4-6-16-44)48-40(62)30-10-7-17-51(30)41(63)29(20-32(53)54)50-37(59)25(45)19-23-11-13-24(14-12-23)64-42-35(57)34(56)33(55)31(21-52)65-42/h11-14,22,25-31,33-35,42,52,55-57H,3-10,15-21,43-45H2,1-2H3,(H2,46,58)(H,47,61)(H,48,62)(H,49,60)(H,50,59)(H,53,54)/t25-,26+,27-,28+,29-,30+,31-,33-,34+,35-,42?/m1/s1. The number of carbonyl (C=O) groups is 7. The number of unbranched alkanes of at least 4 members (excludes halogenated alkanes) is 2. The zero-order valence-corrected chi connectivity index (χ0v) is 37.0. The van der Waals surface area contributed by atoms with Gasteiger partial charge in [0.25, 0.3) is 0 Å². The molecule has 6 amide bonds. The third-order valence-corrected chi connectivity index (χ3v) is 11.2. The Kier molecular flexibility index (Phi) is 22.4. The molecule has 2 aliphatic heterocycles. The minimum absolute atomic E-state index is 0.0412. The number of aliphatic hydroxyl groups excluding tert-OH is 4. The number of hydrogen-bond donors (Lipinski definition) is 13. The molecule has 0 radical (unpaired) electrons. The minimum Gasteiger partial charge on any atom is -0.481 e. The number of carboxylic acid groups (broad SMARTS) is 1. The van der Waals surface area contributed by atoms with E-state index in [9.17, 15) is 59.1 Å². The zero-order chi connectivity index (χ0) is 48.4. The van der Waals surface area contributed by atoms with Gasteiger partial charge in [0.2, 0.25) is 41.7 Å². The number of carboxylic acids is 1. The fourth-order valence-electron chi connectivity index (χ4n) is 7.56. The third-order valence-electron chi connectivity index (χ3n) is 11.2. The van der Waals surface area contributed by atoms with Gasteiger partial charge in [-0.1, -0.05) is 26.0 Å². The van der Waals surface area contributed by atoms with Crippen LogP contribution in [0.3, 0.4) is 0 Å². The molecule has 1 aromatic carbocycles. The van der Waals surface area contributed by atoms with Crippen LogP contribution in [-0.4, -0.2) is 165 Å². The number of nitrogens with one attached hydrogen (secondary N) is 4. The maximum absolute atomic E-state index is 14.0. The van der Waals surface area contributed by atoms with Crippen molar-refractivity contribution in [2.75, 3.05) is 26.2 Å². The number of aliphatic hydroxyl groups is 4. The van der Waals surface area contributed by atoms with Crippen LogP contribution in [0.25, 0.3) is 0 Å². The number of benzene rings is 1. The van der Waals surface area contributed by atoms with E-state index in [1.54, 1.807) is 0 Å². The molecule has 0 saturated carbocycles. The van der Waals surface area contributed by atoms with Gasteiger partial charge in [0.15, 0.2) is 0 Å². The van der Waals surface area contributed by atoms with E-state index >= 15 is 0 Å². The molecule has 0 aliphatic carbocycles. The van der Waals surface area contributed by atoms with Crippen LogP contribution in [0, 0.1) is 5.92 Å². The molecular weight excluding hydrogens is 855 g/mol. The summed E-state index contributed by atoms with van der Waals surface area (Å²) in [7, 11) is 0. The molecule has 2 heterocycles. The highest BCUT2D eigenvalue weighted by molar-refractivity contribution is 5.97. The van der Waals surface area contributed by atoms with Crippen LogP contribution in [0.4, 0.5) is 0 Å². The average Bonchev–Trinajstić information content (AvgIpc) is 3.76. The van der Waals surface area contributed by atoms with Gasteiger partial charge in [-0.25, -0.2) is 0 Å². The molecular formula is C42H69N9O14. The van der Waals surface area contributed by atoms with Gasteiger partial charge in [-0.3, -0.25) is 33.6 Å².